The summed E-state index contributed by atoms with van der Waals surface area (Å²) >= 11 is 1.46. The van der Waals surface area contributed by atoms with Gasteiger partial charge in [0.25, 0.3) is 0 Å². The quantitative estimate of drug-likeness (QED) is 0.700. The van der Waals surface area contributed by atoms with Crippen molar-refractivity contribution >= 4 is 16.5 Å². The lowest BCUT2D eigenvalue weighted by Gasteiger charge is -1.85. The molecule has 4 heteroatoms. The van der Waals surface area contributed by atoms with Crippen molar-refractivity contribution in [2.75, 3.05) is 5.73 Å². The third kappa shape index (κ3) is 2.67. The van der Waals surface area contributed by atoms with E-state index < -0.39 is 0 Å². The van der Waals surface area contributed by atoms with Crippen molar-refractivity contribution in [3.05, 3.63) is 17.2 Å². The highest BCUT2D eigenvalue weighted by Crippen LogP contribution is 2.12. The van der Waals surface area contributed by atoms with E-state index in [0.717, 1.165) is 17.8 Å². The van der Waals surface area contributed by atoms with Gasteiger partial charge in [-0.25, -0.2) is 0 Å². The number of rotatable bonds is 3. The highest BCUT2D eigenvalue weighted by atomic mass is 32.1. The fourth-order valence-electron chi connectivity index (χ4n) is 0.741. The van der Waals surface area contributed by atoms with Gasteiger partial charge in [-0.15, -0.1) is 10.2 Å². The second-order valence-corrected chi connectivity index (χ2v) is 3.24. The molecule has 0 saturated heterocycles. The number of aromatic nitrogens is 2. The van der Waals surface area contributed by atoms with Crippen molar-refractivity contribution in [2.45, 2.75) is 19.8 Å². The molecule has 0 radical (unpaired) electrons. The molecular formula is C7H11N3S. The molecule has 0 bridgehead atoms. The maximum absolute atomic E-state index is 5.41. The van der Waals surface area contributed by atoms with Crippen molar-refractivity contribution in [3.63, 3.8) is 0 Å². The number of allylic oxidation sites excluding steroid dienone is 2. The van der Waals surface area contributed by atoms with E-state index in [4.69, 9.17) is 5.73 Å². The molecule has 0 aliphatic rings. The monoisotopic (exact) mass is 169 g/mol. The number of hydrogen-bond donors (Lipinski definition) is 1. The van der Waals surface area contributed by atoms with Crippen molar-refractivity contribution in [3.8, 4) is 0 Å². The molecule has 1 aromatic heterocycles. The Morgan fingerprint density at radius 2 is 2.36 bits per heavy atom. The Kier molecular flexibility index (Phi) is 3.04. The van der Waals surface area contributed by atoms with Crippen LogP contribution in [0.2, 0.25) is 0 Å². The lowest BCUT2D eigenvalue weighted by atomic mass is 10.3. The fourth-order valence-corrected chi connectivity index (χ4v) is 1.37. The topological polar surface area (TPSA) is 51.8 Å². The summed E-state index contributed by atoms with van der Waals surface area (Å²) in [6.07, 6.45) is 6.10. The van der Waals surface area contributed by atoms with Crippen LogP contribution in [0, 0.1) is 0 Å². The van der Waals surface area contributed by atoms with Crippen LogP contribution in [0.1, 0.15) is 18.4 Å². The van der Waals surface area contributed by atoms with Crippen molar-refractivity contribution in [1.82, 2.24) is 10.2 Å². The van der Waals surface area contributed by atoms with Gasteiger partial charge in [0, 0.05) is 6.42 Å². The zero-order valence-corrected chi connectivity index (χ0v) is 7.27. The molecule has 0 saturated carbocycles. The van der Waals surface area contributed by atoms with Gasteiger partial charge >= 0.3 is 0 Å². The van der Waals surface area contributed by atoms with E-state index in [1.165, 1.54) is 11.3 Å². The number of nitrogen functional groups attached to an aromatic ring is 1. The Bertz CT molecular complexity index is 242. The average molecular weight is 169 g/mol. The van der Waals surface area contributed by atoms with Crippen LogP contribution < -0.4 is 5.73 Å². The van der Waals surface area contributed by atoms with Gasteiger partial charge in [-0.1, -0.05) is 23.5 Å². The van der Waals surface area contributed by atoms with E-state index in [9.17, 15) is 0 Å². The minimum absolute atomic E-state index is 0.556. The van der Waals surface area contributed by atoms with E-state index in [1.54, 1.807) is 0 Å². The van der Waals surface area contributed by atoms with E-state index in [2.05, 4.69) is 16.3 Å². The maximum Gasteiger partial charge on any atom is 0.203 e. The van der Waals surface area contributed by atoms with Crippen LogP contribution in [0.4, 0.5) is 5.13 Å². The van der Waals surface area contributed by atoms with Gasteiger partial charge in [0.2, 0.25) is 5.13 Å². The summed E-state index contributed by atoms with van der Waals surface area (Å²) in [5, 5.41) is 9.19. The summed E-state index contributed by atoms with van der Waals surface area (Å²) in [5.41, 5.74) is 5.41. The second-order valence-electron chi connectivity index (χ2n) is 2.14. The van der Waals surface area contributed by atoms with Crippen molar-refractivity contribution in [2.24, 2.45) is 0 Å². The molecule has 2 N–H and O–H groups in total. The van der Waals surface area contributed by atoms with Gasteiger partial charge in [-0.3, -0.25) is 0 Å². The first kappa shape index (κ1) is 8.20. The Hall–Kier alpha value is -0.900. The molecule has 0 spiro atoms. The van der Waals surface area contributed by atoms with Gasteiger partial charge in [-0.2, -0.15) is 0 Å². The smallest absolute Gasteiger partial charge is 0.203 e. The number of nitrogens with zero attached hydrogens (tertiary/aromatic N) is 2. The standard InChI is InChI=1S/C7H11N3S/c1-2-3-4-5-6-9-10-7(8)11-6/h2-3H,4-5H2,1H3,(H2,8,10)/b3-2+. The Labute approximate surface area is 70.0 Å². The molecule has 1 heterocycles. The molecule has 0 unspecified atom stereocenters. The molecule has 1 rings (SSSR count). The predicted molar refractivity (Wildman–Crippen MR) is 47.5 cm³/mol. The van der Waals surface area contributed by atoms with Crippen molar-refractivity contribution in [1.29, 1.82) is 0 Å². The Morgan fingerprint density at radius 3 is 2.91 bits per heavy atom. The predicted octanol–water partition coefficient (Wildman–Crippen LogP) is 1.63. The SMILES string of the molecule is C/C=C/CCc1nnc(N)s1. The van der Waals surface area contributed by atoms with Crippen LogP contribution in [-0.4, -0.2) is 10.2 Å². The molecule has 1 aromatic rings. The van der Waals surface area contributed by atoms with E-state index in [1.807, 2.05) is 13.0 Å². The first-order chi connectivity index (χ1) is 5.33. The first-order valence-corrected chi connectivity index (χ1v) is 4.33. The summed E-state index contributed by atoms with van der Waals surface area (Å²) in [4.78, 5) is 0. The third-order valence-corrected chi connectivity index (χ3v) is 2.06. The molecule has 60 valence electrons. The summed E-state index contributed by atoms with van der Waals surface area (Å²) in [7, 11) is 0. The van der Waals surface area contributed by atoms with Crippen LogP contribution >= 0.6 is 11.3 Å². The molecule has 0 fully saturated rings. The Balaban J connectivity index is 2.38. The van der Waals surface area contributed by atoms with Crippen molar-refractivity contribution < 1.29 is 0 Å². The average Bonchev–Trinajstić information content (AvgIpc) is 2.37. The van der Waals surface area contributed by atoms with Gasteiger partial charge in [0.05, 0.1) is 0 Å². The fraction of sp³-hybridized carbons (Fsp3) is 0.429. The van der Waals surface area contributed by atoms with E-state index in [-0.39, 0.29) is 0 Å². The number of hydrogen-bond acceptors (Lipinski definition) is 4. The van der Waals surface area contributed by atoms with Crippen LogP contribution in [-0.2, 0) is 6.42 Å². The van der Waals surface area contributed by atoms with Gasteiger partial charge < -0.3 is 5.73 Å². The lowest BCUT2D eigenvalue weighted by Crippen LogP contribution is -1.81. The minimum atomic E-state index is 0.556. The first-order valence-electron chi connectivity index (χ1n) is 3.52. The molecule has 0 atom stereocenters. The highest BCUT2D eigenvalue weighted by molar-refractivity contribution is 7.15. The zero-order valence-electron chi connectivity index (χ0n) is 6.45. The largest absolute Gasteiger partial charge is 0.374 e. The molecule has 0 aliphatic heterocycles. The molecule has 3 nitrogen and oxygen atoms in total. The molecule has 0 aromatic carbocycles. The van der Waals surface area contributed by atoms with Gasteiger partial charge in [-0.05, 0) is 13.3 Å². The summed E-state index contributed by atoms with van der Waals surface area (Å²) in [6, 6.07) is 0. The number of anilines is 1. The van der Waals surface area contributed by atoms with Crippen LogP contribution in [0.25, 0.3) is 0 Å². The second kappa shape index (κ2) is 4.08. The number of nitrogens with two attached hydrogens (primary N) is 1. The van der Waals surface area contributed by atoms with Gasteiger partial charge in [0.15, 0.2) is 0 Å². The van der Waals surface area contributed by atoms with Crippen LogP contribution in [0.3, 0.4) is 0 Å². The lowest BCUT2D eigenvalue weighted by molar-refractivity contribution is 0.928. The molecule has 11 heavy (non-hydrogen) atoms. The summed E-state index contributed by atoms with van der Waals surface area (Å²) in [6.45, 7) is 2.01. The van der Waals surface area contributed by atoms with Crippen LogP contribution in [0.15, 0.2) is 12.2 Å². The molecular weight excluding hydrogens is 158 g/mol. The molecule has 0 amide bonds. The van der Waals surface area contributed by atoms with Crippen LogP contribution in [0.5, 0.6) is 0 Å². The van der Waals surface area contributed by atoms with E-state index >= 15 is 0 Å². The number of aryl methyl sites for hydroxylation is 1. The Morgan fingerprint density at radius 1 is 1.55 bits per heavy atom. The minimum Gasteiger partial charge on any atom is -0.374 e. The summed E-state index contributed by atoms with van der Waals surface area (Å²) < 4.78 is 0. The maximum atomic E-state index is 5.41. The van der Waals surface area contributed by atoms with Gasteiger partial charge in [0.1, 0.15) is 5.01 Å². The zero-order chi connectivity index (χ0) is 8.10. The normalized spacial score (nSPS) is 11.0. The molecule has 0 aliphatic carbocycles. The third-order valence-electron chi connectivity index (χ3n) is 1.24. The van der Waals surface area contributed by atoms with E-state index in [0.29, 0.717) is 5.13 Å². The highest BCUT2D eigenvalue weighted by Gasteiger charge is 1.97. The summed E-state index contributed by atoms with van der Waals surface area (Å²) in [5.74, 6) is 0.